The summed E-state index contributed by atoms with van der Waals surface area (Å²) in [4.78, 5) is 0. The van der Waals surface area contributed by atoms with Crippen molar-refractivity contribution in [1.29, 1.82) is 0 Å². The van der Waals surface area contributed by atoms with Gasteiger partial charge in [0.15, 0.2) is 0 Å². The average Bonchev–Trinajstić information content (AvgIpc) is 2.96. The summed E-state index contributed by atoms with van der Waals surface area (Å²) in [6.07, 6.45) is 3.65. The minimum Gasteiger partial charge on any atom is -0.286 e. The lowest BCUT2D eigenvalue weighted by molar-refractivity contribution is 0.818. The predicted octanol–water partition coefficient (Wildman–Crippen LogP) is 3.36. The van der Waals surface area contributed by atoms with Gasteiger partial charge in [0, 0.05) is 12.1 Å². The van der Waals surface area contributed by atoms with E-state index >= 15 is 0 Å². The summed E-state index contributed by atoms with van der Waals surface area (Å²) >= 11 is 0. The van der Waals surface area contributed by atoms with Crippen LogP contribution in [0.1, 0.15) is 17.0 Å². The van der Waals surface area contributed by atoms with E-state index in [1.807, 2.05) is 18.2 Å². The minimum atomic E-state index is 0.889. The molecule has 0 N–H and O–H groups in total. The Hall–Kier alpha value is -2.42. The van der Waals surface area contributed by atoms with Gasteiger partial charge in [0.1, 0.15) is 12.2 Å². The number of aryl methyl sites for hydroxylation is 3. The summed E-state index contributed by atoms with van der Waals surface area (Å²) in [5.74, 6) is 0.999. The van der Waals surface area contributed by atoms with Gasteiger partial charge in [-0.3, -0.25) is 4.57 Å². The largest absolute Gasteiger partial charge is 0.286 e. The van der Waals surface area contributed by atoms with Crippen LogP contribution >= 0.6 is 0 Å². The van der Waals surface area contributed by atoms with E-state index in [1.165, 1.54) is 11.1 Å². The highest BCUT2D eigenvalue weighted by Crippen LogP contribution is 2.13. The number of hydrogen-bond donors (Lipinski definition) is 0. The predicted molar refractivity (Wildman–Crippen MR) is 79.9 cm³/mol. The fourth-order valence-electron chi connectivity index (χ4n) is 2.37. The topological polar surface area (TPSA) is 30.7 Å². The van der Waals surface area contributed by atoms with Gasteiger partial charge in [-0.1, -0.05) is 42.5 Å². The first-order chi connectivity index (χ1) is 9.84. The number of nitrogens with zero attached hydrogens (tertiary/aromatic N) is 3. The fraction of sp³-hybridized carbons (Fsp3) is 0.176. The Balaban J connectivity index is 1.80. The number of rotatable bonds is 4. The maximum atomic E-state index is 4.25. The molecule has 0 aliphatic rings. The Morgan fingerprint density at radius 3 is 2.45 bits per heavy atom. The van der Waals surface area contributed by atoms with Crippen molar-refractivity contribution in [3.05, 3.63) is 77.9 Å². The van der Waals surface area contributed by atoms with Crippen LogP contribution in [-0.4, -0.2) is 14.8 Å². The minimum absolute atomic E-state index is 0.889. The molecule has 1 heterocycles. The molecule has 0 fully saturated rings. The van der Waals surface area contributed by atoms with Gasteiger partial charge in [-0.2, -0.15) is 0 Å². The molecule has 0 atom stereocenters. The van der Waals surface area contributed by atoms with E-state index in [0.29, 0.717) is 0 Å². The second-order valence-corrected chi connectivity index (χ2v) is 4.88. The van der Waals surface area contributed by atoms with Crippen LogP contribution in [-0.2, 0) is 12.8 Å². The zero-order chi connectivity index (χ0) is 13.8. The Morgan fingerprint density at radius 1 is 0.900 bits per heavy atom. The van der Waals surface area contributed by atoms with E-state index in [4.69, 9.17) is 0 Å². The highest BCUT2D eigenvalue weighted by atomic mass is 15.3. The molecule has 3 heteroatoms. The summed E-state index contributed by atoms with van der Waals surface area (Å²) in [6.45, 7) is 2.15. The molecule has 0 amide bonds. The van der Waals surface area contributed by atoms with Gasteiger partial charge in [-0.15, -0.1) is 10.2 Å². The van der Waals surface area contributed by atoms with Crippen molar-refractivity contribution < 1.29 is 0 Å². The summed E-state index contributed by atoms with van der Waals surface area (Å²) < 4.78 is 2.05. The van der Waals surface area contributed by atoms with Crippen LogP contribution in [0.2, 0.25) is 0 Å². The number of hydrogen-bond acceptors (Lipinski definition) is 2. The molecule has 3 nitrogen and oxygen atoms in total. The molecule has 0 aliphatic heterocycles. The van der Waals surface area contributed by atoms with E-state index in [1.54, 1.807) is 6.33 Å². The Bertz CT molecular complexity index is 686. The molecule has 100 valence electrons. The van der Waals surface area contributed by atoms with Crippen LogP contribution in [0.3, 0.4) is 0 Å². The van der Waals surface area contributed by atoms with Crippen LogP contribution in [0.4, 0.5) is 0 Å². The standard InChI is InChI=1S/C17H17N3/c1-14-7-5-6-8-15(14)11-12-17-19-18-13-20(17)16-9-3-2-4-10-16/h2-10,13H,11-12H2,1H3. The molecule has 0 saturated heterocycles. The molecular weight excluding hydrogens is 246 g/mol. The Morgan fingerprint density at radius 2 is 1.65 bits per heavy atom. The first-order valence-electron chi connectivity index (χ1n) is 6.83. The van der Waals surface area contributed by atoms with Crippen molar-refractivity contribution in [2.75, 3.05) is 0 Å². The van der Waals surface area contributed by atoms with Crippen molar-refractivity contribution in [1.82, 2.24) is 14.8 Å². The quantitative estimate of drug-likeness (QED) is 0.722. The fourth-order valence-corrected chi connectivity index (χ4v) is 2.37. The van der Waals surface area contributed by atoms with Crippen LogP contribution in [0, 0.1) is 6.92 Å². The molecule has 0 spiro atoms. The van der Waals surface area contributed by atoms with Crippen LogP contribution in [0.25, 0.3) is 5.69 Å². The highest BCUT2D eigenvalue weighted by molar-refractivity contribution is 5.32. The van der Waals surface area contributed by atoms with E-state index in [9.17, 15) is 0 Å². The third-order valence-corrected chi connectivity index (χ3v) is 3.53. The molecule has 2 aromatic carbocycles. The van der Waals surface area contributed by atoms with Crippen LogP contribution in [0.5, 0.6) is 0 Å². The first-order valence-corrected chi connectivity index (χ1v) is 6.83. The number of benzene rings is 2. The zero-order valence-corrected chi connectivity index (χ0v) is 11.5. The molecule has 0 unspecified atom stereocenters. The lowest BCUT2D eigenvalue weighted by Gasteiger charge is -2.07. The van der Waals surface area contributed by atoms with Gasteiger partial charge in [0.05, 0.1) is 0 Å². The zero-order valence-electron chi connectivity index (χ0n) is 11.5. The normalized spacial score (nSPS) is 10.7. The van der Waals surface area contributed by atoms with Crippen molar-refractivity contribution in [2.24, 2.45) is 0 Å². The third-order valence-electron chi connectivity index (χ3n) is 3.53. The Kier molecular flexibility index (Phi) is 3.59. The van der Waals surface area contributed by atoms with Crippen molar-refractivity contribution in [3.63, 3.8) is 0 Å². The molecule has 0 saturated carbocycles. The number of aromatic nitrogens is 3. The molecule has 0 bridgehead atoms. The van der Waals surface area contributed by atoms with E-state index in [2.05, 4.69) is 58.1 Å². The lowest BCUT2D eigenvalue weighted by atomic mass is 10.0. The second-order valence-electron chi connectivity index (χ2n) is 4.88. The SMILES string of the molecule is Cc1ccccc1CCc1nncn1-c1ccccc1. The molecule has 3 aromatic rings. The van der Waals surface area contributed by atoms with E-state index in [-0.39, 0.29) is 0 Å². The smallest absolute Gasteiger partial charge is 0.137 e. The van der Waals surface area contributed by atoms with Gasteiger partial charge in [-0.05, 0) is 36.6 Å². The molecule has 20 heavy (non-hydrogen) atoms. The Labute approximate surface area is 118 Å². The molecule has 0 radical (unpaired) electrons. The average molecular weight is 263 g/mol. The van der Waals surface area contributed by atoms with Crippen LogP contribution in [0.15, 0.2) is 60.9 Å². The van der Waals surface area contributed by atoms with Crippen molar-refractivity contribution in [2.45, 2.75) is 19.8 Å². The first kappa shape index (κ1) is 12.6. The molecule has 3 rings (SSSR count). The second kappa shape index (κ2) is 5.70. The van der Waals surface area contributed by atoms with E-state index < -0.39 is 0 Å². The lowest BCUT2D eigenvalue weighted by Crippen LogP contribution is -2.03. The van der Waals surface area contributed by atoms with Gasteiger partial charge >= 0.3 is 0 Å². The summed E-state index contributed by atoms with van der Waals surface area (Å²) in [5.41, 5.74) is 3.81. The maximum Gasteiger partial charge on any atom is 0.137 e. The monoisotopic (exact) mass is 263 g/mol. The molecular formula is C17H17N3. The number of para-hydroxylation sites is 1. The molecule has 0 aliphatic carbocycles. The molecule has 1 aromatic heterocycles. The van der Waals surface area contributed by atoms with Crippen LogP contribution < -0.4 is 0 Å². The van der Waals surface area contributed by atoms with E-state index in [0.717, 1.165) is 24.4 Å². The third kappa shape index (κ3) is 2.62. The van der Waals surface area contributed by atoms with Gasteiger partial charge in [0.2, 0.25) is 0 Å². The van der Waals surface area contributed by atoms with Crippen molar-refractivity contribution >= 4 is 0 Å². The highest BCUT2D eigenvalue weighted by Gasteiger charge is 2.07. The van der Waals surface area contributed by atoms with Gasteiger partial charge in [0.25, 0.3) is 0 Å². The van der Waals surface area contributed by atoms with Gasteiger partial charge in [-0.25, -0.2) is 0 Å². The van der Waals surface area contributed by atoms with Gasteiger partial charge < -0.3 is 0 Å². The summed E-state index contributed by atoms with van der Waals surface area (Å²) in [6, 6.07) is 18.7. The maximum absolute atomic E-state index is 4.25. The summed E-state index contributed by atoms with van der Waals surface area (Å²) in [5, 5.41) is 8.30. The summed E-state index contributed by atoms with van der Waals surface area (Å²) in [7, 11) is 0. The van der Waals surface area contributed by atoms with Crippen molar-refractivity contribution in [3.8, 4) is 5.69 Å².